The summed E-state index contributed by atoms with van der Waals surface area (Å²) in [5, 5.41) is 10.5. The predicted octanol–water partition coefficient (Wildman–Crippen LogP) is 4.43. The first-order valence-electron chi connectivity index (χ1n) is 7.69. The molecule has 0 saturated carbocycles. The summed E-state index contributed by atoms with van der Waals surface area (Å²) in [5.41, 5.74) is 3.54. The minimum Gasteiger partial charge on any atom is -0.507 e. The molecule has 0 bridgehead atoms. The molecule has 0 saturated heterocycles. The second-order valence-corrected chi connectivity index (χ2v) is 7.65. The van der Waals surface area contributed by atoms with Crippen LogP contribution in [0.15, 0.2) is 0 Å². The van der Waals surface area contributed by atoms with Crippen molar-refractivity contribution in [2.45, 2.75) is 79.1 Å². The van der Waals surface area contributed by atoms with E-state index in [1.165, 1.54) is 0 Å². The zero-order valence-corrected chi connectivity index (χ0v) is 14.4. The number of aromatic hydroxyl groups is 1. The van der Waals surface area contributed by atoms with Gasteiger partial charge in [0, 0.05) is 11.1 Å². The molecule has 3 heteroatoms. The van der Waals surface area contributed by atoms with Crippen molar-refractivity contribution < 1.29 is 14.6 Å². The van der Waals surface area contributed by atoms with Gasteiger partial charge in [-0.1, -0.05) is 0 Å². The molecule has 3 nitrogen and oxygen atoms in total. The first-order valence-corrected chi connectivity index (χ1v) is 7.69. The molecule has 0 amide bonds. The largest absolute Gasteiger partial charge is 0.507 e. The van der Waals surface area contributed by atoms with Gasteiger partial charge in [-0.2, -0.15) is 0 Å². The van der Waals surface area contributed by atoms with Crippen molar-refractivity contribution in [1.82, 2.24) is 0 Å². The van der Waals surface area contributed by atoms with E-state index in [9.17, 15) is 5.11 Å². The second kappa shape index (κ2) is 5.20. The first kappa shape index (κ1) is 16.2. The normalized spacial score (nSPS) is 17.3. The average molecular weight is 292 g/mol. The lowest BCUT2D eigenvalue weighted by Crippen LogP contribution is -2.34. The Kier molecular flexibility index (Phi) is 4.00. The number of ether oxygens (including phenoxy) is 2. The van der Waals surface area contributed by atoms with Gasteiger partial charge in [-0.05, 0) is 72.4 Å². The van der Waals surface area contributed by atoms with Crippen LogP contribution in [0.3, 0.4) is 0 Å². The number of benzene rings is 1. The molecule has 1 heterocycles. The molecular weight excluding hydrogens is 264 g/mol. The van der Waals surface area contributed by atoms with Crippen LogP contribution >= 0.6 is 0 Å². The van der Waals surface area contributed by atoms with Crippen LogP contribution in [-0.4, -0.2) is 16.3 Å². The summed E-state index contributed by atoms with van der Waals surface area (Å²) in [6.45, 7) is 14.7. The molecule has 1 aromatic rings. The van der Waals surface area contributed by atoms with Crippen LogP contribution in [0.5, 0.6) is 11.5 Å². The number of phenolic OH excluding ortho intramolecular Hbond substituents is 1. The molecule has 0 spiro atoms. The van der Waals surface area contributed by atoms with Gasteiger partial charge in [0.25, 0.3) is 0 Å². The Morgan fingerprint density at radius 2 is 1.81 bits per heavy atom. The van der Waals surface area contributed by atoms with Crippen molar-refractivity contribution in [1.29, 1.82) is 0 Å². The first-order chi connectivity index (χ1) is 9.52. The highest BCUT2D eigenvalue weighted by molar-refractivity contribution is 5.58. The van der Waals surface area contributed by atoms with Gasteiger partial charge in [-0.3, -0.25) is 0 Å². The fourth-order valence-electron chi connectivity index (χ4n) is 2.68. The van der Waals surface area contributed by atoms with Crippen molar-refractivity contribution in [3.8, 4) is 11.5 Å². The molecule has 21 heavy (non-hydrogen) atoms. The molecule has 0 unspecified atom stereocenters. The Labute approximate surface area is 128 Å². The van der Waals surface area contributed by atoms with Crippen LogP contribution in [-0.2, 0) is 17.8 Å². The van der Waals surface area contributed by atoms with Crippen LogP contribution in [0.4, 0.5) is 0 Å². The second-order valence-electron chi connectivity index (χ2n) is 7.65. The van der Waals surface area contributed by atoms with Gasteiger partial charge in [-0.15, -0.1) is 0 Å². The van der Waals surface area contributed by atoms with E-state index in [0.717, 1.165) is 40.8 Å². The molecule has 118 valence electrons. The highest BCUT2D eigenvalue weighted by Crippen LogP contribution is 2.44. The van der Waals surface area contributed by atoms with Gasteiger partial charge >= 0.3 is 0 Å². The van der Waals surface area contributed by atoms with E-state index in [1.54, 1.807) is 0 Å². The van der Waals surface area contributed by atoms with E-state index in [-0.39, 0.29) is 11.2 Å². The summed E-state index contributed by atoms with van der Waals surface area (Å²) in [5.74, 6) is 1.30. The standard InChI is InChI=1S/C18H28O3/c1-11-12(2)16-13(8-9-18(6,7)21-16)14(15(11)19)10-20-17(3,4)5/h19H,8-10H2,1-7H3. The highest BCUT2D eigenvalue weighted by Gasteiger charge is 2.32. The van der Waals surface area contributed by atoms with Crippen LogP contribution in [0.1, 0.15) is 63.3 Å². The minimum absolute atomic E-state index is 0.149. The van der Waals surface area contributed by atoms with Gasteiger partial charge in [0.15, 0.2) is 0 Å². The molecule has 0 aromatic heterocycles. The third-order valence-corrected chi connectivity index (χ3v) is 4.19. The minimum atomic E-state index is -0.229. The highest BCUT2D eigenvalue weighted by atomic mass is 16.5. The maximum atomic E-state index is 10.5. The molecule has 1 aromatic carbocycles. The Hall–Kier alpha value is -1.22. The Morgan fingerprint density at radius 3 is 2.38 bits per heavy atom. The molecule has 0 atom stereocenters. The monoisotopic (exact) mass is 292 g/mol. The van der Waals surface area contributed by atoms with Crippen molar-refractivity contribution in [3.05, 3.63) is 22.3 Å². The quantitative estimate of drug-likeness (QED) is 0.876. The Bertz CT molecular complexity index is 551. The van der Waals surface area contributed by atoms with Crippen molar-refractivity contribution in [2.24, 2.45) is 0 Å². The maximum absolute atomic E-state index is 10.5. The van der Waals surface area contributed by atoms with E-state index in [0.29, 0.717) is 12.4 Å². The molecule has 2 rings (SSSR count). The van der Waals surface area contributed by atoms with Gasteiger partial charge in [-0.25, -0.2) is 0 Å². The van der Waals surface area contributed by atoms with Crippen molar-refractivity contribution in [3.63, 3.8) is 0 Å². The number of phenols is 1. The van der Waals surface area contributed by atoms with Crippen LogP contribution < -0.4 is 4.74 Å². The number of hydrogen-bond acceptors (Lipinski definition) is 3. The molecule has 1 aliphatic heterocycles. The topological polar surface area (TPSA) is 38.7 Å². The Balaban J connectivity index is 2.48. The Morgan fingerprint density at radius 1 is 1.19 bits per heavy atom. The lowest BCUT2D eigenvalue weighted by atomic mass is 9.87. The lowest BCUT2D eigenvalue weighted by molar-refractivity contribution is -0.0167. The average Bonchev–Trinajstić information content (AvgIpc) is 2.35. The molecular formula is C18H28O3. The van der Waals surface area contributed by atoms with E-state index in [4.69, 9.17) is 9.47 Å². The summed E-state index contributed by atoms with van der Waals surface area (Å²) in [4.78, 5) is 0. The van der Waals surface area contributed by atoms with E-state index < -0.39 is 0 Å². The summed E-state index contributed by atoms with van der Waals surface area (Å²) in [6.07, 6.45) is 1.87. The molecule has 0 aliphatic carbocycles. The van der Waals surface area contributed by atoms with Gasteiger partial charge in [0.05, 0.1) is 12.2 Å². The van der Waals surface area contributed by atoms with Crippen LogP contribution in [0, 0.1) is 13.8 Å². The molecule has 1 N–H and O–H groups in total. The maximum Gasteiger partial charge on any atom is 0.127 e. The number of rotatable bonds is 2. The fourth-order valence-corrected chi connectivity index (χ4v) is 2.68. The zero-order chi connectivity index (χ0) is 16.0. The van der Waals surface area contributed by atoms with Gasteiger partial charge < -0.3 is 14.6 Å². The van der Waals surface area contributed by atoms with Gasteiger partial charge in [0.1, 0.15) is 17.1 Å². The van der Waals surface area contributed by atoms with Crippen LogP contribution in [0.25, 0.3) is 0 Å². The van der Waals surface area contributed by atoms with E-state index >= 15 is 0 Å². The molecule has 1 aliphatic rings. The zero-order valence-electron chi connectivity index (χ0n) is 14.4. The SMILES string of the molecule is Cc1c(C)c2c(c(COC(C)(C)C)c1O)CCC(C)(C)O2. The third-order valence-electron chi connectivity index (χ3n) is 4.19. The summed E-state index contributed by atoms with van der Waals surface area (Å²) >= 11 is 0. The lowest BCUT2D eigenvalue weighted by Gasteiger charge is -2.36. The third kappa shape index (κ3) is 3.34. The fraction of sp³-hybridized carbons (Fsp3) is 0.667. The number of hydrogen-bond donors (Lipinski definition) is 1. The van der Waals surface area contributed by atoms with E-state index in [2.05, 4.69) is 13.8 Å². The predicted molar refractivity (Wildman–Crippen MR) is 85.2 cm³/mol. The summed E-state index contributed by atoms with van der Waals surface area (Å²) < 4.78 is 12.1. The number of fused-ring (bicyclic) bond motifs is 1. The van der Waals surface area contributed by atoms with Crippen LogP contribution in [0.2, 0.25) is 0 Å². The van der Waals surface area contributed by atoms with Crippen molar-refractivity contribution in [2.75, 3.05) is 0 Å². The summed E-state index contributed by atoms with van der Waals surface area (Å²) in [7, 11) is 0. The van der Waals surface area contributed by atoms with Gasteiger partial charge in [0.2, 0.25) is 0 Å². The molecule has 0 radical (unpaired) electrons. The molecule has 0 fully saturated rings. The van der Waals surface area contributed by atoms with E-state index in [1.807, 2.05) is 34.6 Å². The van der Waals surface area contributed by atoms with Crippen molar-refractivity contribution >= 4 is 0 Å². The smallest absolute Gasteiger partial charge is 0.127 e. The summed E-state index contributed by atoms with van der Waals surface area (Å²) in [6, 6.07) is 0.